The number of primary amides is 1. The first-order valence-corrected chi connectivity index (χ1v) is 6.40. The van der Waals surface area contributed by atoms with Crippen LogP contribution in [0.25, 0.3) is 0 Å². The number of aliphatic hydroxyl groups excluding tert-OH is 1. The third-order valence-electron chi connectivity index (χ3n) is 3.01. The van der Waals surface area contributed by atoms with E-state index in [1.54, 1.807) is 13.8 Å². The maximum absolute atomic E-state index is 12.4. The van der Waals surface area contributed by atoms with Crippen molar-refractivity contribution in [2.75, 3.05) is 6.54 Å². The number of nitrogens with one attached hydrogen (secondary N) is 1. The monoisotopic (exact) mass is 304 g/mol. The zero-order valence-corrected chi connectivity index (χ0v) is 11.9. The Kier molecular flexibility index (Phi) is 5.36. The maximum Gasteiger partial charge on any atom is 0.416 e. The van der Waals surface area contributed by atoms with Crippen LogP contribution in [-0.4, -0.2) is 23.1 Å². The van der Waals surface area contributed by atoms with Crippen molar-refractivity contribution < 1.29 is 23.1 Å². The summed E-state index contributed by atoms with van der Waals surface area (Å²) in [5.74, 6) is -0.475. The number of rotatable bonds is 6. The standard InChI is InChI=1S/C14H19F3N2O2/c1-13(2,7-12(18)21)19-8-11(20)9-3-5-10(6-4-9)14(15,16)17/h3-6,11,19-20H,7-8H2,1-2H3,(H2,18,21). The number of benzene rings is 1. The summed E-state index contributed by atoms with van der Waals surface area (Å²) in [5.41, 5.74) is 4.11. The number of carbonyl (C=O) groups excluding carboxylic acids is 1. The molecule has 4 N–H and O–H groups in total. The molecule has 1 aromatic carbocycles. The summed E-state index contributed by atoms with van der Waals surface area (Å²) in [6.45, 7) is 3.60. The van der Waals surface area contributed by atoms with Crippen LogP contribution in [0.15, 0.2) is 24.3 Å². The highest BCUT2D eigenvalue weighted by Gasteiger charge is 2.30. The Bertz CT molecular complexity index is 484. The van der Waals surface area contributed by atoms with Gasteiger partial charge in [-0.1, -0.05) is 12.1 Å². The SMILES string of the molecule is CC(C)(CC(N)=O)NCC(O)c1ccc(C(F)(F)F)cc1. The van der Waals surface area contributed by atoms with Gasteiger partial charge in [-0.2, -0.15) is 13.2 Å². The Hall–Kier alpha value is -1.60. The first-order chi connectivity index (χ1) is 9.51. The molecule has 0 radical (unpaired) electrons. The largest absolute Gasteiger partial charge is 0.416 e. The summed E-state index contributed by atoms with van der Waals surface area (Å²) >= 11 is 0. The molecule has 1 unspecified atom stereocenters. The molecular weight excluding hydrogens is 285 g/mol. The first kappa shape index (κ1) is 17.5. The van der Waals surface area contributed by atoms with Crippen molar-refractivity contribution in [2.45, 2.75) is 38.1 Å². The minimum Gasteiger partial charge on any atom is -0.387 e. The van der Waals surface area contributed by atoms with Gasteiger partial charge in [-0.15, -0.1) is 0 Å². The van der Waals surface area contributed by atoms with Crippen molar-refractivity contribution in [3.8, 4) is 0 Å². The van der Waals surface area contributed by atoms with Gasteiger partial charge in [-0.05, 0) is 31.5 Å². The molecular formula is C14H19F3N2O2. The predicted octanol–water partition coefficient (Wildman–Crippen LogP) is 1.98. The number of amides is 1. The number of halogens is 3. The van der Waals surface area contributed by atoms with Crippen molar-refractivity contribution >= 4 is 5.91 Å². The number of alkyl halides is 3. The average molecular weight is 304 g/mol. The third kappa shape index (κ3) is 5.73. The van der Waals surface area contributed by atoms with Crippen molar-refractivity contribution in [2.24, 2.45) is 5.73 Å². The lowest BCUT2D eigenvalue weighted by molar-refractivity contribution is -0.137. The number of carbonyl (C=O) groups is 1. The van der Waals surface area contributed by atoms with E-state index in [0.717, 1.165) is 12.1 Å². The molecule has 0 bridgehead atoms. The predicted molar refractivity (Wildman–Crippen MR) is 72.3 cm³/mol. The molecule has 7 heteroatoms. The van der Waals surface area contributed by atoms with E-state index in [0.29, 0.717) is 5.56 Å². The summed E-state index contributed by atoms with van der Waals surface area (Å²) < 4.78 is 37.3. The quantitative estimate of drug-likeness (QED) is 0.752. The fourth-order valence-electron chi connectivity index (χ4n) is 1.88. The van der Waals surface area contributed by atoms with Gasteiger partial charge in [0, 0.05) is 18.5 Å². The normalized spacial score (nSPS) is 14.0. The minimum absolute atomic E-state index is 0.0900. The lowest BCUT2D eigenvalue weighted by Crippen LogP contribution is -2.44. The highest BCUT2D eigenvalue weighted by Crippen LogP contribution is 2.29. The molecule has 0 aliphatic rings. The van der Waals surface area contributed by atoms with Crippen molar-refractivity contribution in [1.29, 1.82) is 0 Å². The third-order valence-corrected chi connectivity index (χ3v) is 3.01. The topological polar surface area (TPSA) is 75.4 Å². The smallest absolute Gasteiger partial charge is 0.387 e. The second-order valence-electron chi connectivity index (χ2n) is 5.54. The van der Waals surface area contributed by atoms with Crippen LogP contribution < -0.4 is 11.1 Å². The maximum atomic E-state index is 12.4. The van der Waals surface area contributed by atoms with Crippen molar-refractivity contribution in [3.05, 3.63) is 35.4 Å². The molecule has 21 heavy (non-hydrogen) atoms. The van der Waals surface area contributed by atoms with Crippen LogP contribution in [0, 0.1) is 0 Å². The molecule has 1 aromatic rings. The van der Waals surface area contributed by atoms with E-state index in [4.69, 9.17) is 5.73 Å². The fourth-order valence-corrected chi connectivity index (χ4v) is 1.88. The van der Waals surface area contributed by atoms with Crippen molar-refractivity contribution in [3.63, 3.8) is 0 Å². The number of hydrogen-bond acceptors (Lipinski definition) is 3. The number of nitrogens with two attached hydrogens (primary N) is 1. The van der Waals surface area contributed by atoms with E-state index in [9.17, 15) is 23.1 Å². The molecule has 4 nitrogen and oxygen atoms in total. The van der Waals surface area contributed by atoms with Gasteiger partial charge >= 0.3 is 6.18 Å². The second-order valence-corrected chi connectivity index (χ2v) is 5.54. The highest BCUT2D eigenvalue weighted by atomic mass is 19.4. The molecule has 0 saturated carbocycles. The van der Waals surface area contributed by atoms with Gasteiger partial charge in [0.2, 0.25) is 5.91 Å². The van der Waals surface area contributed by atoms with E-state index >= 15 is 0 Å². The van der Waals surface area contributed by atoms with E-state index in [1.165, 1.54) is 12.1 Å². The molecule has 0 spiro atoms. The lowest BCUT2D eigenvalue weighted by Gasteiger charge is -2.26. The molecule has 0 saturated heterocycles. The van der Waals surface area contributed by atoms with Gasteiger partial charge in [0.15, 0.2) is 0 Å². The van der Waals surface area contributed by atoms with Gasteiger partial charge < -0.3 is 16.2 Å². The molecule has 1 rings (SSSR count). The molecule has 0 aliphatic carbocycles. The fraction of sp³-hybridized carbons (Fsp3) is 0.500. The van der Waals surface area contributed by atoms with E-state index in [2.05, 4.69) is 5.32 Å². The molecule has 0 aliphatic heterocycles. The van der Waals surface area contributed by atoms with Gasteiger partial charge in [0.25, 0.3) is 0 Å². The van der Waals surface area contributed by atoms with Crippen molar-refractivity contribution in [1.82, 2.24) is 5.32 Å². The zero-order chi connectivity index (χ0) is 16.3. The first-order valence-electron chi connectivity index (χ1n) is 6.40. The molecule has 1 atom stereocenters. The van der Waals surface area contributed by atoms with Crippen LogP contribution in [0.3, 0.4) is 0 Å². The highest BCUT2D eigenvalue weighted by molar-refractivity contribution is 5.74. The summed E-state index contributed by atoms with van der Waals surface area (Å²) in [4.78, 5) is 10.9. The summed E-state index contributed by atoms with van der Waals surface area (Å²) in [6.07, 6.45) is -5.28. The Morgan fingerprint density at radius 1 is 1.29 bits per heavy atom. The van der Waals surface area contributed by atoms with E-state index < -0.39 is 29.3 Å². The summed E-state index contributed by atoms with van der Waals surface area (Å²) in [6, 6.07) is 4.31. The average Bonchev–Trinajstić information content (AvgIpc) is 2.33. The lowest BCUT2D eigenvalue weighted by atomic mass is 9.99. The molecule has 0 aromatic heterocycles. The number of β-amino-alcohol motifs (C(OH)–C–C–N with tert-alkyl or cyclic N) is 1. The molecule has 0 heterocycles. The Morgan fingerprint density at radius 2 is 1.81 bits per heavy atom. The number of aliphatic hydroxyl groups is 1. The minimum atomic E-state index is -4.40. The molecule has 0 fully saturated rings. The number of hydrogen-bond donors (Lipinski definition) is 3. The Balaban J connectivity index is 2.64. The van der Waals surface area contributed by atoms with E-state index in [1.807, 2.05) is 0 Å². The van der Waals surface area contributed by atoms with Crippen LogP contribution in [0.4, 0.5) is 13.2 Å². The van der Waals surface area contributed by atoms with Crippen LogP contribution in [0.5, 0.6) is 0 Å². The Labute approximate surface area is 121 Å². The summed E-state index contributed by atoms with van der Waals surface area (Å²) in [7, 11) is 0. The van der Waals surface area contributed by atoms with Crippen LogP contribution >= 0.6 is 0 Å². The van der Waals surface area contributed by atoms with Crippen LogP contribution in [-0.2, 0) is 11.0 Å². The molecule has 1 amide bonds. The van der Waals surface area contributed by atoms with Gasteiger partial charge in [-0.3, -0.25) is 4.79 Å². The van der Waals surface area contributed by atoms with Crippen LogP contribution in [0.2, 0.25) is 0 Å². The van der Waals surface area contributed by atoms with Gasteiger partial charge in [0.05, 0.1) is 11.7 Å². The van der Waals surface area contributed by atoms with Gasteiger partial charge in [0.1, 0.15) is 0 Å². The van der Waals surface area contributed by atoms with E-state index in [-0.39, 0.29) is 13.0 Å². The second kappa shape index (κ2) is 6.44. The summed E-state index contributed by atoms with van der Waals surface area (Å²) in [5, 5.41) is 12.9. The van der Waals surface area contributed by atoms with Gasteiger partial charge in [-0.25, -0.2) is 0 Å². The zero-order valence-electron chi connectivity index (χ0n) is 11.9. The Morgan fingerprint density at radius 3 is 2.24 bits per heavy atom. The molecule has 118 valence electrons. The van der Waals surface area contributed by atoms with Crippen LogP contribution in [0.1, 0.15) is 37.5 Å².